The number of alkyl halides is 3. The molecule has 90 valence electrons. The van der Waals surface area contributed by atoms with Crippen LogP contribution in [0, 0.1) is 11.8 Å². The summed E-state index contributed by atoms with van der Waals surface area (Å²) in [6.07, 6.45) is -4.44. The van der Waals surface area contributed by atoms with Gasteiger partial charge in [0.15, 0.2) is 0 Å². The lowest BCUT2D eigenvalue weighted by molar-refractivity contribution is -0.325. The van der Waals surface area contributed by atoms with Gasteiger partial charge >= 0.3 is 12.3 Å². The zero-order valence-electron chi connectivity index (χ0n) is 8.67. The van der Waals surface area contributed by atoms with Gasteiger partial charge in [-0.2, -0.15) is 0 Å². The largest absolute Gasteiger partial charge is 0.522 e. The van der Waals surface area contributed by atoms with E-state index in [1.165, 1.54) is 0 Å². The number of carbonyl (C=O) groups is 1. The summed E-state index contributed by atoms with van der Waals surface area (Å²) in [5.74, 6) is -1.71. The Balaban J connectivity index is 3.92. The normalized spacial score (nSPS) is 14.3. The second kappa shape index (κ2) is 5.95. The topological polar surface area (TPSA) is 46.5 Å². The highest BCUT2D eigenvalue weighted by molar-refractivity contribution is 5.69. The first-order valence-electron chi connectivity index (χ1n) is 4.66. The molecule has 0 aliphatic rings. The molecule has 0 aromatic carbocycles. The molecule has 1 unspecified atom stereocenters. The maximum absolute atomic E-state index is 11.6. The van der Waals surface area contributed by atoms with E-state index in [1.807, 2.05) is 13.8 Å². The van der Waals surface area contributed by atoms with Gasteiger partial charge in [-0.15, -0.1) is 13.2 Å². The summed E-state index contributed by atoms with van der Waals surface area (Å²) >= 11 is 0. The van der Waals surface area contributed by atoms with Gasteiger partial charge in [-0.1, -0.05) is 13.8 Å². The highest BCUT2D eigenvalue weighted by Gasteiger charge is 2.30. The number of ether oxygens (including phenoxy) is 1. The monoisotopic (exact) mass is 228 g/mol. The molecule has 3 nitrogen and oxygen atoms in total. The van der Waals surface area contributed by atoms with E-state index in [0.717, 1.165) is 0 Å². The van der Waals surface area contributed by atoms with E-state index in [0.29, 0.717) is 6.42 Å². The molecular weight excluding hydrogens is 213 g/mol. The molecule has 0 rings (SSSR count). The van der Waals surface area contributed by atoms with Crippen LogP contribution in [-0.2, 0) is 9.53 Å². The summed E-state index contributed by atoms with van der Waals surface area (Å²) in [4.78, 5) is 10.7. The molecule has 0 radical (unpaired) electrons. The minimum Gasteiger partial charge on any atom is -0.481 e. The molecular formula is C9H15F3O3. The average molecular weight is 228 g/mol. The molecule has 1 atom stereocenters. The second-order valence-corrected chi connectivity index (χ2v) is 3.75. The molecule has 0 aromatic heterocycles. The zero-order chi connectivity index (χ0) is 12.1. The smallest absolute Gasteiger partial charge is 0.481 e. The van der Waals surface area contributed by atoms with Crippen molar-refractivity contribution < 1.29 is 27.8 Å². The fourth-order valence-electron chi connectivity index (χ4n) is 1.23. The third-order valence-corrected chi connectivity index (χ3v) is 1.84. The van der Waals surface area contributed by atoms with E-state index in [4.69, 9.17) is 5.11 Å². The first-order valence-corrected chi connectivity index (χ1v) is 4.66. The Bertz CT molecular complexity index is 201. The van der Waals surface area contributed by atoms with Crippen molar-refractivity contribution in [3.63, 3.8) is 0 Å². The molecule has 0 spiro atoms. The minimum absolute atomic E-state index is 0.118. The summed E-state index contributed by atoms with van der Waals surface area (Å²) in [7, 11) is 0. The third-order valence-electron chi connectivity index (χ3n) is 1.84. The van der Waals surface area contributed by atoms with Crippen LogP contribution >= 0.6 is 0 Å². The summed E-state index contributed by atoms with van der Waals surface area (Å²) in [5, 5.41) is 8.71. The van der Waals surface area contributed by atoms with E-state index in [9.17, 15) is 18.0 Å². The van der Waals surface area contributed by atoms with Crippen molar-refractivity contribution in [3.8, 4) is 0 Å². The van der Waals surface area contributed by atoms with Gasteiger partial charge in [0.2, 0.25) is 0 Å². The lowest BCUT2D eigenvalue weighted by atomic mass is 9.95. The van der Waals surface area contributed by atoms with Gasteiger partial charge in [0.25, 0.3) is 0 Å². The van der Waals surface area contributed by atoms with E-state index >= 15 is 0 Å². The molecule has 15 heavy (non-hydrogen) atoms. The van der Waals surface area contributed by atoms with Gasteiger partial charge in [0.1, 0.15) is 0 Å². The molecule has 0 aliphatic carbocycles. The molecule has 6 heteroatoms. The third kappa shape index (κ3) is 8.23. The first kappa shape index (κ1) is 14.2. The Labute approximate surface area is 86.2 Å². The maximum Gasteiger partial charge on any atom is 0.522 e. The molecule has 0 saturated carbocycles. The molecule has 0 bridgehead atoms. The minimum atomic E-state index is -4.68. The van der Waals surface area contributed by atoms with Crippen LogP contribution in [0.3, 0.4) is 0 Å². The SMILES string of the molecule is CC(C)CC(CCOC(F)(F)F)C(=O)O. The second-order valence-electron chi connectivity index (χ2n) is 3.75. The van der Waals surface area contributed by atoms with Crippen LogP contribution in [0.15, 0.2) is 0 Å². The molecule has 0 aliphatic heterocycles. The molecule has 0 saturated heterocycles. The number of rotatable bonds is 6. The van der Waals surface area contributed by atoms with Crippen molar-refractivity contribution in [2.24, 2.45) is 11.8 Å². The van der Waals surface area contributed by atoms with Crippen LogP contribution < -0.4 is 0 Å². The number of halogens is 3. The number of hydrogen-bond donors (Lipinski definition) is 1. The molecule has 0 aromatic rings. The Kier molecular flexibility index (Phi) is 5.64. The van der Waals surface area contributed by atoms with Crippen molar-refractivity contribution in [3.05, 3.63) is 0 Å². The van der Waals surface area contributed by atoms with Crippen molar-refractivity contribution in [2.45, 2.75) is 33.1 Å². The summed E-state index contributed by atoms with van der Waals surface area (Å²) in [6.45, 7) is 3.04. The van der Waals surface area contributed by atoms with Crippen LogP contribution in [0.5, 0.6) is 0 Å². The quantitative estimate of drug-likeness (QED) is 0.760. The fraction of sp³-hybridized carbons (Fsp3) is 0.889. The zero-order valence-corrected chi connectivity index (χ0v) is 8.67. The Hall–Kier alpha value is -0.780. The lowest BCUT2D eigenvalue weighted by Gasteiger charge is -2.15. The fourth-order valence-corrected chi connectivity index (χ4v) is 1.23. The van der Waals surface area contributed by atoms with Crippen LogP contribution in [0.2, 0.25) is 0 Å². The van der Waals surface area contributed by atoms with Gasteiger partial charge in [-0.05, 0) is 18.8 Å². The number of aliphatic carboxylic acids is 1. The van der Waals surface area contributed by atoms with Crippen molar-refractivity contribution in [2.75, 3.05) is 6.61 Å². The highest BCUT2D eigenvalue weighted by atomic mass is 19.4. The number of carboxylic acids is 1. The van der Waals surface area contributed by atoms with E-state index in [-0.39, 0.29) is 12.3 Å². The highest BCUT2D eigenvalue weighted by Crippen LogP contribution is 2.20. The lowest BCUT2D eigenvalue weighted by Crippen LogP contribution is -2.21. The summed E-state index contributed by atoms with van der Waals surface area (Å²) < 4.78 is 38.3. The average Bonchev–Trinajstić information content (AvgIpc) is 1.99. The van der Waals surface area contributed by atoms with Crippen molar-refractivity contribution in [1.29, 1.82) is 0 Å². The van der Waals surface area contributed by atoms with Gasteiger partial charge in [0, 0.05) is 0 Å². The van der Waals surface area contributed by atoms with Gasteiger partial charge in [-0.25, -0.2) is 0 Å². The summed E-state index contributed by atoms with van der Waals surface area (Å²) in [5.41, 5.74) is 0. The maximum atomic E-state index is 11.6. The number of hydrogen-bond acceptors (Lipinski definition) is 2. The molecule has 0 fully saturated rings. The Morgan fingerprint density at radius 3 is 2.27 bits per heavy atom. The van der Waals surface area contributed by atoms with E-state index < -0.39 is 24.9 Å². The van der Waals surface area contributed by atoms with Crippen LogP contribution in [0.4, 0.5) is 13.2 Å². The first-order chi connectivity index (χ1) is 6.72. The predicted octanol–water partition coefficient (Wildman–Crippen LogP) is 2.66. The Morgan fingerprint density at radius 1 is 1.40 bits per heavy atom. The van der Waals surface area contributed by atoms with Crippen molar-refractivity contribution in [1.82, 2.24) is 0 Å². The van der Waals surface area contributed by atoms with Gasteiger partial charge < -0.3 is 5.11 Å². The summed E-state index contributed by atoms with van der Waals surface area (Å²) in [6, 6.07) is 0. The standard InChI is InChI=1S/C9H15F3O3/c1-6(2)5-7(8(13)14)3-4-15-9(10,11)12/h6-7H,3-5H2,1-2H3,(H,13,14). The Morgan fingerprint density at radius 2 is 1.93 bits per heavy atom. The van der Waals surface area contributed by atoms with Gasteiger partial charge in [0.05, 0.1) is 12.5 Å². The molecule has 0 heterocycles. The molecule has 0 amide bonds. The van der Waals surface area contributed by atoms with Crippen LogP contribution in [0.1, 0.15) is 26.7 Å². The van der Waals surface area contributed by atoms with Crippen LogP contribution in [0.25, 0.3) is 0 Å². The van der Waals surface area contributed by atoms with Crippen molar-refractivity contribution >= 4 is 5.97 Å². The predicted molar refractivity (Wildman–Crippen MR) is 47.2 cm³/mol. The van der Waals surface area contributed by atoms with E-state index in [2.05, 4.69) is 4.74 Å². The van der Waals surface area contributed by atoms with Crippen LogP contribution in [-0.4, -0.2) is 24.0 Å². The molecule has 1 N–H and O–H groups in total. The van der Waals surface area contributed by atoms with E-state index in [1.54, 1.807) is 0 Å². The van der Waals surface area contributed by atoms with Gasteiger partial charge in [-0.3, -0.25) is 9.53 Å². The number of carboxylic acid groups (broad SMARTS) is 1.